The Morgan fingerprint density at radius 1 is 0.870 bits per heavy atom. The van der Waals surface area contributed by atoms with E-state index in [2.05, 4.69) is 19.9 Å². The number of aromatic amines is 3. The molecule has 23 heavy (non-hydrogen) atoms. The molecule has 0 saturated carbocycles. The fourth-order valence-electron chi connectivity index (χ4n) is 2.02. The molecule has 0 saturated heterocycles. The largest absolute Gasteiger partial charge is 0.331 e. The van der Waals surface area contributed by atoms with Gasteiger partial charge in [-0.2, -0.15) is 0 Å². The summed E-state index contributed by atoms with van der Waals surface area (Å²) in [6.45, 7) is 0. The van der Waals surface area contributed by atoms with Crippen LogP contribution >= 0.6 is 22.9 Å². The maximum Gasteiger partial charge on any atom is 0.294 e. The number of nitrogens with zero attached hydrogens (tertiary/aromatic N) is 1. The van der Waals surface area contributed by atoms with Crippen molar-refractivity contribution in [3.63, 3.8) is 0 Å². The highest BCUT2D eigenvalue weighted by molar-refractivity contribution is 8.13. The molecule has 4 aromatic rings. The molecule has 0 bridgehead atoms. The summed E-state index contributed by atoms with van der Waals surface area (Å²) in [5.41, 5.74) is 3.36. The fourth-order valence-corrected chi connectivity index (χ4v) is 2.90. The summed E-state index contributed by atoms with van der Waals surface area (Å²) in [6, 6.07) is 14.9. The number of fused-ring (bicyclic) bond motifs is 2. The van der Waals surface area contributed by atoms with Crippen molar-refractivity contribution in [3.05, 3.63) is 53.3 Å². The first-order chi connectivity index (χ1) is 10.9. The Hall–Kier alpha value is -2.16. The average Bonchev–Trinajstić information content (AvgIpc) is 3.09. The molecule has 0 atom stereocenters. The molecule has 0 radical (unpaired) electrons. The Morgan fingerprint density at radius 2 is 1.39 bits per heavy atom. The first-order valence-electron chi connectivity index (χ1n) is 6.50. The van der Waals surface area contributed by atoms with E-state index in [1.165, 1.54) is 0 Å². The van der Waals surface area contributed by atoms with Gasteiger partial charge in [-0.1, -0.05) is 24.3 Å². The van der Waals surface area contributed by atoms with Crippen LogP contribution in [0.1, 0.15) is 0 Å². The van der Waals surface area contributed by atoms with E-state index in [9.17, 15) is 8.42 Å². The molecular weight excluding hydrogens is 356 g/mol. The van der Waals surface area contributed by atoms with Crippen LogP contribution in [0.15, 0.2) is 53.7 Å². The predicted octanol–water partition coefficient (Wildman–Crippen LogP) is 3.72. The summed E-state index contributed by atoms with van der Waals surface area (Å²) in [6.07, 6.45) is 0. The van der Waals surface area contributed by atoms with E-state index < -0.39 is 9.05 Å². The summed E-state index contributed by atoms with van der Waals surface area (Å²) in [5, 5.41) is -0.213. The topological polar surface area (TPSA) is 94.4 Å². The minimum absolute atomic E-state index is 0.213. The zero-order chi connectivity index (χ0) is 16.4. The summed E-state index contributed by atoms with van der Waals surface area (Å²) in [5.74, 6) is 0. The number of nitrogens with one attached hydrogen (secondary N) is 3. The number of hydrogen-bond acceptors (Lipinski definition) is 4. The monoisotopic (exact) mass is 366 g/mol. The van der Waals surface area contributed by atoms with Crippen LogP contribution in [-0.4, -0.2) is 28.4 Å². The predicted molar refractivity (Wildman–Crippen MR) is 92.6 cm³/mol. The third-order valence-corrected chi connectivity index (χ3v) is 4.32. The van der Waals surface area contributed by atoms with E-state index in [0.717, 1.165) is 11.0 Å². The van der Waals surface area contributed by atoms with Gasteiger partial charge in [-0.05, 0) is 36.5 Å². The van der Waals surface area contributed by atoms with Gasteiger partial charge in [0.05, 0.1) is 22.1 Å². The molecule has 2 heterocycles. The van der Waals surface area contributed by atoms with E-state index in [-0.39, 0.29) is 5.16 Å². The van der Waals surface area contributed by atoms with Crippen LogP contribution in [0.5, 0.6) is 0 Å². The van der Waals surface area contributed by atoms with Gasteiger partial charge in [-0.15, -0.1) is 0 Å². The Labute approximate surface area is 141 Å². The minimum atomic E-state index is -3.76. The minimum Gasteiger partial charge on any atom is -0.331 e. The summed E-state index contributed by atoms with van der Waals surface area (Å²) in [7, 11) is 1.35. The van der Waals surface area contributed by atoms with Crippen molar-refractivity contribution in [1.82, 2.24) is 19.9 Å². The average molecular weight is 367 g/mol. The second-order valence-corrected chi connectivity index (χ2v) is 7.51. The van der Waals surface area contributed by atoms with Crippen molar-refractivity contribution in [3.8, 4) is 0 Å². The van der Waals surface area contributed by atoms with Gasteiger partial charge >= 0.3 is 0 Å². The van der Waals surface area contributed by atoms with E-state index in [0.29, 0.717) is 15.8 Å². The van der Waals surface area contributed by atoms with Crippen molar-refractivity contribution >= 4 is 54.0 Å². The molecule has 0 aliphatic rings. The fraction of sp³-hybridized carbons (Fsp3) is 0. The highest BCUT2D eigenvalue weighted by Crippen LogP contribution is 2.16. The number of benzene rings is 2. The SMILES string of the molecule is O=S(=O)(Cl)c1nc2ccccc2[nH]1.S=c1[nH]c2ccccc2[nH]1. The lowest BCUT2D eigenvalue weighted by Gasteiger charge is -1.84. The van der Waals surface area contributed by atoms with Crippen LogP contribution in [0.3, 0.4) is 0 Å². The van der Waals surface area contributed by atoms with Gasteiger partial charge in [-0.25, -0.2) is 13.4 Å². The van der Waals surface area contributed by atoms with Crippen LogP contribution in [0.4, 0.5) is 0 Å². The van der Waals surface area contributed by atoms with Crippen molar-refractivity contribution in [1.29, 1.82) is 0 Å². The lowest BCUT2D eigenvalue weighted by molar-refractivity contribution is 0.603. The van der Waals surface area contributed by atoms with E-state index in [4.69, 9.17) is 22.9 Å². The molecule has 2 aromatic carbocycles. The Balaban J connectivity index is 0.000000140. The second-order valence-electron chi connectivity index (χ2n) is 4.62. The Morgan fingerprint density at radius 3 is 1.91 bits per heavy atom. The van der Waals surface area contributed by atoms with Gasteiger partial charge in [0, 0.05) is 10.7 Å². The van der Waals surface area contributed by atoms with Crippen LogP contribution in [0, 0.1) is 4.77 Å². The molecule has 0 amide bonds. The third kappa shape index (κ3) is 3.61. The summed E-state index contributed by atoms with van der Waals surface area (Å²) in [4.78, 5) is 12.4. The maximum absolute atomic E-state index is 10.9. The van der Waals surface area contributed by atoms with E-state index in [1.54, 1.807) is 24.3 Å². The van der Waals surface area contributed by atoms with Crippen LogP contribution in [0.2, 0.25) is 0 Å². The van der Waals surface area contributed by atoms with Gasteiger partial charge in [0.1, 0.15) is 0 Å². The highest BCUT2D eigenvalue weighted by atomic mass is 35.7. The van der Waals surface area contributed by atoms with Gasteiger partial charge < -0.3 is 15.0 Å². The molecule has 0 aliphatic carbocycles. The quantitative estimate of drug-likeness (QED) is 0.353. The van der Waals surface area contributed by atoms with E-state index in [1.807, 2.05) is 24.3 Å². The Kier molecular flexibility index (Phi) is 4.20. The molecule has 0 spiro atoms. The molecule has 4 rings (SSSR count). The molecule has 0 fully saturated rings. The highest BCUT2D eigenvalue weighted by Gasteiger charge is 2.14. The molecule has 2 aromatic heterocycles. The first-order valence-corrected chi connectivity index (χ1v) is 9.22. The third-order valence-electron chi connectivity index (χ3n) is 3.02. The molecule has 6 nitrogen and oxygen atoms in total. The number of hydrogen-bond donors (Lipinski definition) is 3. The molecule has 9 heteroatoms. The zero-order valence-electron chi connectivity index (χ0n) is 11.6. The van der Waals surface area contributed by atoms with Crippen molar-refractivity contribution < 1.29 is 8.42 Å². The summed E-state index contributed by atoms with van der Waals surface area (Å²) < 4.78 is 22.4. The van der Waals surface area contributed by atoms with Crippen molar-refractivity contribution in [2.45, 2.75) is 5.16 Å². The van der Waals surface area contributed by atoms with Gasteiger partial charge in [0.15, 0.2) is 4.77 Å². The molecule has 0 unspecified atom stereocenters. The standard InChI is InChI=1S/C7H5ClN2O2S.C7H6N2S/c8-13(11,12)7-9-5-3-1-2-4-6(5)10-7;10-7-8-5-3-1-2-4-6(5)9-7/h1-4H,(H,9,10);1-4H,(H2,8,9,10). The lowest BCUT2D eigenvalue weighted by atomic mass is 10.3. The first kappa shape index (κ1) is 15.7. The number of H-pyrrole nitrogens is 3. The molecular formula is C14H11ClN4O2S2. The van der Waals surface area contributed by atoms with Crippen LogP contribution < -0.4 is 0 Å². The van der Waals surface area contributed by atoms with E-state index >= 15 is 0 Å². The summed E-state index contributed by atoms with van der Waals surface area (Å²) >= 11 is 4.90. The molecule has 118 valence electrons. The van der Waals surface area contributed by atoms with Gasteiger partial charge in [0.25, 0.3) is 9.05 Å². The maximum atomic E-state index is 10.9. The zero-order valence-corrected chi connectivity index (χ0v) is 14.0. The number of aromatic nitrogens is 4. The van der Waals surface area contributed by atoms with Crippen molar-refractivity contribution in [2.24, 2.45) is 0 Å². The van der Waals surface area contributed by atoms with Crippen molar-refractivity contribution in [2.75, 3.05) is 0 Å². The van der Waals surface area contributed by atoms with Crippen LogP contribution in [0.25, 0.3) is 22.1 Å². The second kappa shape index (κ2) is 6.15. The molecule has 0 aliphatic heterocycles. The Bertz CT molecular complexity index is 1060. The normalized spacial score (nSPS) is 11.3. The molecule has 3 N–H and O–H groups in total. The lowest BCUT2D eigenvalue weighted by Crippen LogP contribution is -1.92. The number of rotatable bonds is 1. The number of imidazole rings is 2. The smallest absolute Gasteiger partial charge is 0.294 e. The van der Waals surface area contributed by atoms with Gasteiger partial charge in [-0.3, -0.25) is 0 Å². The number of halogens is 1. The van der Waals surface area contributed by atoms with Crippen LogP contribution in [-0.2, 0) is 9.05 Å². The van der Waals surface area contributed by atoms with Gasteiger partial charge in [0.2, 0.25) is 5.16 Å². The number of para-hydroxylation sites is 4.